The molecule has 1 aromatic heterocycles. The fourth-order valence-electron chi connectivity index (χ4n) is 3.17. The Morgan fingerprint density at radius 3 is 2.35 bits per heavy atom. The number of rotatable bonds is 8. The molecular formula is C21H25BrN4. The molecule has 0 fully saturated rings. The third-order valence-electron chi connectivity index (χ3n) is 4.27. The van der Waals surface area contributed by atoms with Gasteiger partial charge in [-0.3, -0.25) is 0 Å². The molecule has 4 nitrogen and oxygen atoms in total. The van der Waals surface area contributed by atoms with Crippen molar-refractivity contribution in [1.82, 2.24) is 15.0 Å². The summed E-state index contributed by atoms with van der Waals surface area (Å²) >= 11 is 3.57. The van der Waals surface area contributed by atoms with Gasteiger partial charge in [0.15, 0.2) is 5.82 Å². The van der Waals surface area contributed by atoms with E-state index in [1.54, 1.807) is 0 Å². The monoisotopic (exact) mass is 412 g/mol. The summed E-state index contributed by atoms with van der Waals surface area (Å²) in [7, 11) is 0. The van der Waals surface area contributed by atoms with Gasteiger partial charge in [-0.15, -0.1) is 5.10 Å². The molecule has 0 N–H and O–H groups in total. The summed E-state index contributed by atoms with van der Waals surface area (Å²) in [5, 5.41) is 9.07. The van der Waals surface area contributed by atoms with E-state index in [0.717, 1.165) is 54.0 Å². The molecule has 136 valence electrons. The average Bonchev–Trinajstić information content (AvgIpc) is 3.06. The Kier molecular flexibility index (Phi) is 6.45. The lowest BCUT2D eigenvalue weighted by molar-refractivity contribution is 0.703. The van der Waals surface area contributed by atoms with E-state index in [-0.39, 0.29) is 0 Å². The lowest BCUT2D eigenvalue weighted by Crippen LogP contribution is -2.28. The highest BCUT2D eigenvalue weighted by Gasteiger charge is 2.20. The largest absolute Gasteiger partial charge is 0.355 e. The first kappa shape index (κ1) is 18.6. The summed E-state index contributed by atoms with van der Waals surface area (Å²) in [6, 6.07) is 18.7. The maximum Gasteiger partial charge on any atom is 0.156 e. The lowest BCUT2D eigenvalue weighted by atomic mass is 10.1. The van der Waals surface area contributed by atoms with Gasteiger partial charge in [0, 0.05) is 24.0 Å². The van der Waals surface area contributed by atoms with Gasteiger partial charge in [-0.05, 0) is 36.6 Å². The second kappa shape index (κ2) is 8.99. The van der Waals surface area contributed by atoms with Crippen LogP contribution in [0.2, 0.25) is 0 Å². The van der Waals surface area contributed by atoms with Crippen LogP contribution in [0.25, 0.3) is 5.69 Å². The highest BCUT2D eigenvalue weighted by Crippen LogP contribution is 2.26. The Bertz CT molecular complexity index is 823. The molecule has 0 radical (unpaired) electrons. The number of hydrogen-bond acceptors (Lipinski definition) is 3. The molecule has 5 heteroatoms. The topological polar surface area (TPSA) is 34.0 Å². The van der Waals surface area contributed by atoms with Gasteiger partial charge in [0.2, 0.25) is 0 Å². The van der Waals surface area contributed by atoms with Crippen LogP contribution >= 0.6 is 15.9 Å². The van der Waals surface area contributed by atoms with Gasteiger partial charge >= 0.3 is 0 Å². The SMILES string of the molecule is CCCN(CCC)c1c(Cc2ccccc2)nnn1-c1cccc(Br)c1. The van der Waals surface area contributed by atoms with E-state index in [0.29, 0.717) is 0 Å². The molecule has 3 aromatic rings. The van der Waals surface area contributed by atoms with Crippen molar-refractivity contribution >= 4 is 21.7 Å². The molecule has 26 heavy (non-hydrogen) atoms. The maximum atomic E-state index is 4.56. The minimum Gasteiger partial charge on any atom is -0.355 e. The van der Waals surface area contributed by atoms with Crippen molar-refractivity contribution < 1.29 is 0 Å². The lowest BCUT2D eigenvalue weighted by Gasteiger charge is -2.25. The van der Waals surface area contributed by atoms with Crippen LogP contribution in [0.5, 0.6) is 0 Å². The number of hydrogen-bond donors (Lipinski definition) is 0. The van der Waals surface area contributed by atoms with Crippen LogP contribution in [0.4, 0.5) is 5.82 Å². The van der Waals surface area contributed by atoms with E-state index < -0.39 is 0 Å². The molecule has 0 saturated heterocycles. The van der Waals surface area contributed by atoms with Crippen LogP contribution in [-0.2, 0) is 6.42 Å². The average molecular weight is 413 g/mol. The Morgan fingerprint density at radius 1 is 0.962 bits per heavy atom. The molecule has 0 spiro atoms. The molecule has 0 saturated carbocycles. The molecule has 2 aromatic carbocycles. The second-order valence-corrected chi connectivity index (χ2v) is 7.32. The Balaban J connectivity index is 2.06. The fourth-order valence-corrected chi connectivity index (χ4v) is 3.56. The second-order valence-electron chi connectivity index (χ2n) is 6.40. The summed E-state index contributed by atoms with van der Waals surface area (Å²) in [6.45, 7) is 6.42. The minimum absolute atomic E-state index is 0.786. The maximum absolute atomic E-state index is 4.56. The van der Waals surface area contributed by atoms with Crippen molar-refractivity contribution in [2.75, 3.05) is 18.0 Å². The Morgan fingerprint density at radius 2 is 1.69 bits per heavy atom. The van der Waals surface area contributed by atoms with Crippen molar-refractivity contribution in [1.29, 1.82) is 0 Å². The summed E-state index contributed by atoms with van der Waals surface area (Å²) in [4.78, 5) is 2.42. The third-order valence-corrected chi connectivity index (χ3v) is 4.76. The molecule has 0 bridgehead atoms. The smallest absolute Gasteiger partial charge is 0.156 e. The molecule has 0 unspecified atom stereocenters. The van der Waals surface area contributed by atoms with E-state index in [1.165, 1.54) is 5.56 Å². The third kappa shape index (κ3) is 4.33. The molecule has 0 atom stereocenters. The van der Waals surface area contributed by atoms with Gasteiger partial charge < -0.3 is 4.90 Å². The van der Waals surface area contributed by atoms with E-state index in [9.17, 15) is 0 Å². The van der Waals surface area contributed by atoms with Gasteiger partial charge in [-0.1, -0.05) is 71.4 Å². The molecule has 0 amide bonds. The van der Waals surface area contributed by atoms with Crippen molar-refractivity contribution in [3.05, 3.63) is 70.3 Å². The number of anilines is 1. The minimum atomic E-state index is 0.786. The van der Waals surface area contributed by atoms with Crippen molar-refractivity contribution in [3.63, 3.8) is 0 Å². The summed E-state index contributed by atoms with van der Waals surface area (Å²) in [5.74, 6) is 1.11. The first-order valence-electron chi connectivity index (χ1n) is 9.22. The van der Waals surface area contributed by atoms with E-state index in [2.05, 4.69) is 81.4 Å². The van der Waals surface area contributed by atoms with E-state index in [1.807, 2.05) is 22.9 Å². The van der Waals surface area contributed by atoms with Gasteiger partial charge in [0.05, 0.1) is 5.69 Å². The quantitative estimate of drug-likeness (QED) is 0.506. The van der Waals surface area contributed by atoms with Crippen LogP contribution in [0.15, 0.2) is 59.1 Å². The standard InChI is InChI=1S/C21H25BrN4/c1-3-13-25(14-4-2)21-20(15-17-9-6-5-7-10-17)23-24-26(21)19-12-8-11-18(22)16-19/h5-12,16H,3-4,13-15H2,1-2H3. The zero-order chi connectivity index (χ0) is 18.4. The first-order valence-corrected chi connectivity index (χ1v) is 10.0. The van der Waals surface area contributed by atoms with Crippen LogP contribution in [0, 0.1) is 0 Å². The normalized spacial score (nSPS) is 10.9. The van der Waals surface area contributed by atoms with Crippen LogP contribution in [-0.4, -0.2) is 28.1 Å². The molecule has 1 heterocycles. The van der Waals surface area contributed by atoms with Crippen LogP contribution in [0.1, 0.15) is 37.9 Å². The van der Waals surface area contributed by atoms with Crippen LogP contribution < -0.4 is 4.90 Å². The predicted octanol–water partition coefficient (Wildman–Crippen LogP) is 5.25. The van der Waals surface area contributed by atoms with E-state index in [4.69, 9.17) is 0 Å². The summed E-state index contributed by atoms with van der Waals surface area (Å²) < 4.78 is 3.02. The van der Waals surface area contributed by atoms with Gasteiger partial charge in [0.1, 0.15) is 5.69 Å². The van der Waals surface area contributed by atoms with Gasteiger partial charge in [-0.25, -0.2) is 0 Å². The van der Waals surface area contributed by atoms with Crippen LogP contribution in [0.3, 0.4) is 0 Å². The zero-order valence-corrected chi connectivity index (χ0v) is 17.0. The van der Waals surface area contributed by atoms with Gasteiger partial charge in [0.25, 0.3) is 0 Å². The fraction of sp³-hybridized carbons (Fsp3) is 0.333. The van der Waals surface area contributed by atoms with Crippen molar-refractivity contribution in [2.24, 2.45) is 0 Å². The Hall–Kier alpha value is -2.14. The summed E-state index contributed by atoms with van der Waals surface area (Å²) in [5.41, 5.74) is 3.31. The Labute approximate surface area is 164 Å². The number of benzene rings is 2. The number of nitrogens with zero attached hydrogens (tertiary/aromatic N) is 4. The van der Waals surface area contributed by atoms with E-state index >= 15 is 0 Å². The predicted molar refractivity (Wildman–Crippen MR) is 111 cm³/mol. The summed E-state index contributed by atoms with van der Waals surface area (Å²) in [6.07, 6.45) is 2.97. The van der Waals surface area contributed by atoms with Crippen molar-refractivity contribution in [3.8, 4) is 5.69 Å². The zero-order valence-electron chi connectivity index (χ0n) is 15.4. The first-order chi connectivity index (χ1) is 12.7. The molecule has 0 aliphatic rings. The highest BCUT2D eigenvalue weighted by molar-refractivity contribution is 9.10. The number of halogens is 1. The highest BCUT2D eigenvalue weighted by atomic mass is 79.9. The molecular weight excluding hydrogens is 388 g/mol. The van der Waals surface area contributed by atoms with Crippen molar-refractivity contribution in [2.45, 2.75) is 33.1 Å². The van der Waals surface area contributed by atoms with Gasteiger partial charge in [-0.2, -0.15) is 4.68 Å². The molecule has 0 aliphatic heterocycles. The number of aromatic nitrogens is 3. The molecule has 3 rings (SSSR count). The molecule has 0 aliphatic carbocycles.